The van der Waals surface area contributed by atoms with Crippen molar-refractivity contribution in [1.29, 1.82) is 0 Å². The first-order valence-electron chi connectivity index (χ1n) is 12.7. The van der Waals surface area contributed by atoms with Crippen molar-refractivity contribution in [3.8, 4) is 10.6 Å². The number of halogens is 2. The summed E-state index contributed by atoms with van der Waals surface area (Å²) in [5.41, 5.74) is 2.38. The number of aromatic nitrogens is 2. The number of hydrogen-bond donors (Lipinski definition) is 3. The Bertz CT molecular complexity index is 1390. The van der Waals surface area contributed by atoms with E-state index in [4.69, 9.17) is 9.72 Å². The number of hydrogen-bond acceptors (Lipinski definition) is 8. The van der Waals surface area contributed by atoms with E-state index in [1.807, 2.05) is 6.92 Å². The minimum absolute atomic E-state index is 0.222. The maximum Gasteiger partial charge on any atom is 0.256 e. The van der Waals surface area contributed by atoms with Crippen molar-refractivity contribution < 1.29 is 28.2 Å². The third kappa shape index (κ3) is 5.63. The zero-order chi connectivity index (χ0) is 27.7. The fourth-order valence-electron chi connectivity index (χ4n) is 4.72. The quantitative estimate of drug-likeness (QED) is 0.388. The van der Waals surface area contributed by atoms with E-state index in [-0.39, 0.29) is 24.1 Å². The highest BCUT2D eigenvalue weighted by molar-refractivity contribution is 7.16. The van der Waals surface area contributed by atoms with E-state index in [0.717, 1.165) is 46.0 Å². The zero-order valence-electron chi connectivity index (χ0n) is 21.5. The molecule has 1 unspecified atom stereocenters. The second-order valence-corrected chi connectivity index (χ2v) is 10.9. The minimum Gasteiger partial charge on any atom is -0.394 e. The number of fused-ring (bicyclic) bond motifs is 1. The number of nitrogens with zero attached hydrogens (tertiary/aromatic N) is 3. The van der Waals surface area contributed by atoms with Crippen LogP contribution in [0.15, 0.2) is 30.5 Å². The number of aryl methyl sites for hydroxylation is 1. The third-order valence-corrected chi connectivity index (χ3v) is 8.19. The van der Waals surface area contributed by atoms with E-state index in [1.165, 1.54) is 22.3 Å². The fraction of sp³-hybridized carbons (Fsp3) is 0.407. The van der Waals surface area contributed by atoms with Crippen LogP contribution in [-0.4, -0.2) is 63.7 Å². The summed E-state index contributed by atoms with van der Waals surface area (Å²) in [6, 6.07) is 3.42. The molecule has 3 aromatic rings. The van der Waals surface area contributed by atoms with Gasteiger partial charge >= 0.3 is 0 Å². The monoisotopic (exact) mass is 557 g/mol. The van der Waals surface area contributed by atoms with Crippen LogP contribution in [-0.2, 0) is 16.1 Å². The predicted octanol–water partition coefficient (Wildman–Crippen LogP) is 3.58. The van der Waals surface area contributed by atoms with Crippen molar-refractivity contribution >= 4 is 29.1 Å². The van der Waals surface area contributed by atoms with Crippen LogP contribution in [0.1, 0.15) is 52.2 Å². The van der Waals surface area contributed by atoms with E-state index in [9.17, 15) is 23.5 Å². The average molecular weight is 558 g/mol. The van der Waals surface area contributed by atoms with Crippen molar-refractivity contribution in [2.45, 2.75) is 51.4 Å². The number of carbonyl (C=O) groups excluding carboxylic acids is 2. The van der Waals surface area contributed by atoms with E-state index >= 15 is 0 Å². The van der Waals surface area contributed by atoms with Crippen LogP contribution in [0.3, 0.4) is 0 Å². The number of carbonyl (C=O) groups is 2. The van der Waals surface area contributed by atoms with Gasteiger partial charge in [-0.1, -0.05) is 6.07 Å². The van der Waals surface area contributed by atoms with Gasteiger partial charge in [0.15, 0.2) is 11.6 Å². The number of aliphatic hydroxyl groups excluding tert-OH is 1. The van der Waals surface area contributed by atoms with Gasteiger partial charge in [0.25, 0.3) is 5.91 Å². The van der Waals surface area contributed by atoms with Crippen LogP contribution in [0.2, 0.25) is 0 Å². The maximum atomic E-state index is 13.7. The molecule has 2 aromatic heterocycles. The van der Waals surface area contributed by atoms with Crippen molar-refractivity contribution in [3.63, 3.8) is 0 Å². The van der Waals surface area contributed by atoms with Gasteiger partial charge in [-0.05, 0) is 56.0 Å². The van der Waals surface area contributed by atoms with Gasteiger partial charge in [-0.2, -0.15) is 0 Å². The Morgan fingerprint density at radius 3 is 2.72 bits per heavy atom. The summed E-state index contributed by atoms with van der Waals surface area (Å²) in [4.78, 5) is 38.5. The largest absolute Gasteiger partial charge is 0.394 e. The Balaban J connectivity index is 1.27. The summed E-state index contributed by atoms with van der Waals surface area (Å²) in [6.45, 7) is 4.65. The molecule has 9 nitrogen and oxygen atoms in total. The molecule has 0 spiro atoms. The third-order valence-electron chi connectivity index (χ3n) is 7.07. The molecular formula is C27H29F2N5O4S. The maximum absolute atomic E-state index is 13.7. The van der Waals surface area contributed by atoms with Crippen LogP contribution >= 0.6 is 11.3 Å². The summed E-state index contributed by atoms with van der Waals surface area (Å²) in [5.74, 6) is -2.36. The predicted molar refractivity (Wildman–Crippen MR) is 141 cm³/mol. The Hall–Kier alpha value is -3.48. The number of amides is 2. The van der Waals surface area contributed by atoms with Gasteiger partial charge in [0.2, 0.25) is 11.9 Å². The van der Waals surface area contributed by atoms with Gasteiger partial charge in [-0.3, -0.25) is 9.59 Å². The Labute approximate surface area is 228 Å². The summed E-state index contributed by atoms with van der Waals surface area (Å²) < 4.78 is 32.4. The van der Waals surface area contributed by atoms with Crippen LogP contribution in [0.5, 0.6) is 0 Å². The molecule has 2 amide bonds. The fourth-order valence-corrected chi connectivity index (χ4v) is 5.93. The van der Waals surface area contributed by atoms with Crippen LogP contribution < -0.4 is 10.6 Å². The summed E-state index contributed by atoms with van der Waals surface area (Å²) in [5, 5.41) is 15.7. The lowest BCUT2D eigenvalue weighted by molar-refractivity contribution is -0.126. The highest BCUT2D eigenvalue weighted by Crippen LogP contribution is 2.38. The van der Waals surface area contributed by atoms with E-state index in [1.54, 1.807) is 19.2 Å². The summed E-state index contributed by atoms with van der Waals surface area (Å²) >= 11 is 1.45. The van der Waals surface area contributed by atoms with Crippen molar-refractivity contribution in [2.24, 2.45) is 0 Å². The second-order valence-electron chi connectivity index (χ2n) is 9.73. The lowest BCUT2D eigenvalue weighted by Crippen LogP contribution is -2.46. The molecular weight excluding hydrogens is 528 g/mol. The van der Waals surface area contributed by atoms with Gasteiger partial charge in [0.05, 0.1) is 35.3 Å². The molecule has 1 saturated heterocycles. The first-order chi connectivity index (χ1) is 18.7. The molecule has 2 aliphatic rings. The lowest BCUT2D eigenvalue weighted by atomic mass is 10.1. The Morgan fingerprint density at radius 2 is 2.03 bits per heavy atom. The minimum atomic E-state index is -1.08. The van der Waals surface area contributed by atoms with Gasteiger partial charge in [0, 0.05) is 30.3 Å². The average Bonchev–Trinajstić information content (AvgIpc) is 3.49. The van der Waals surface area contributed by atoms with Gasteiger partial charge in [0.1, 0.15) is 6.04 Å². The Kier molecular flexibility index (Phi) is 7.87. The van der Waals surface area contributed by atoms with E-state index in [0.29, 0.717) is 24.7 Å². The SMILES string of the molecule is Cc1cnc(NC2CCOCC2)nc1-c1cc2c(s1)CN([C@H](C)C(=O)NC(CO)c1ccc(F)c(F)c1)C2=O. The molecule has 3 N–H and O–H groups in total. The van der Waals surface area contributed by atoms with Crippen molar-refractivity contribution in [2.75, 3.05) is 25.1 Å². The number of nitrogens with one attached hydrogen (secondary N) is 2. The normalized spacial score (nSPS) is 17.2. The molecule has 206 valence electrons. The summed E-state index contributed by atoms with van der Waals surface area (Å²) in [7, 11) is 0. The van der Waals surface area contributed by atoms with Crippen LogP contribution in [0.4, 0.5) is 14.7 Å². The molecule has 0 aliphatic carbocycles. The van der Waals surface area contributed by atoms with Crippen LogP contribution in [0.25, 0.3) is 10.6 Å². The number of anilines is 1. The molecule has 1 aromatic carbocycles. The highest BCUT2D eigenvalue weighted by Gasteiger charge is 2.36. The zero-order valence-corrected chi connectivity index (χ0v) is 22.4. The number of rotatable bonds is 8. The van der Waals surface area contributed by atoms with Crippen LogP contribution in [0, 0.1) is 18.6 Å². The topological polar surface area (TPSA) is 117 Å². The van der Waals surface area contributed by atoms with Gasteiger partial charge in [-0.25, -0.2) is 18.7 Å². The van der Waals surface area contributed by atoms with Gasteiger partial charge < -0.3 is 25.4 Å². The number of thiophene rings is 1. The molecule has 2 atom stereocenters. The van der Waals surface area contributed by atoms with Crippen molar-refractivity contribution in [3.05, 3.63) is 63.7 Å². The molecule has 1 fully saturated rings. The number of ether oxygens (including phenoxy) is 1. The summed E-state index contributed by atoms with van der Waals surface area (Å²) in [6.07, 6.45) is 3.53. The molecule has 12 heteroatoms. The van der Waals surface area contributed by atoms with Gasteiger partial charge in [-0.15, -0.1) is 11.3 Å². The number of benzene rings is 1. The lowest BCUT2D eigenvalue weighted by Gasteiger charge is -2.26. The second kappa shape index (κ2) is 11.3. The molecule has 0 saturated carbocycles. The molecule has 0 radical (unpaired) electrons. The molecule has 5 rings (SSSR count). The first kappa shape index (κ1) is 27.1. The van der Waals surface area contributed by atoms with E-state index < -0.39 is 36.2 Å². The molecule has 2 aliphatic heterocycles. The molecule has 0 bridgehead atoms. The Morgan fingerprint density at radius 1 is 1.26 bits per heavy atom. The molecule has 39 heavy (non-hydrogen) atoms. The number of aliphatic hydroxyl groups is 1. The highest BCUT2D eigenvalue weighted by atomic mass is 32.1. The van der Waals surface area contributed by atoms with Crippen molar-refractivity contribution in [1.82, 2.24) is 20.2 Å². The standard InChI is InChI=1S/C27H29F2N5O4S/c1-14-11-30-27(31-17-5-7-38-8-6-17)33-24(14)22-10-18-23(39-22)12-34(26(18)37)15(2)25(36)32-21(13-35)16-3-4-19(28)20(29)9-16/h3-4,9-11,15,17,21,35H,5-8,12-13H2,1-2H3,(H,32,36)(H,30,31,33)/t15-,21?/m1/s1. The smallest absolute Gasteiger partial charge is 0.256 e. The van der Waals surface area contributed by atoms with E-state index in [2.05, 4.69) is 15.6 Å². The molecule has 4 heterocycles. The first-order valence-corrected chi connectivity index (χ1v) is 13.5.